The molecule has 0 atom stereocenters. The van der Waals surface area contributed by atoms with E-state index < -0.39 is 35.5 Å². The molecule has 0 amide bonds. The number of halogens is 6. The summed E-state index contributed by atoms with van der Waals surface area (Å²) in [7, 11) is 0.911. The topological polar surface area (TPSA) is 48.4 Å². The zero-order valence-electron chi connectivity index (χ0n) is 12.4. The molecular formula is C15H9F6NO3. The third-order valence-electron chi connectivity index (χ3n) is 2.93. The van der Waals surface area contributed by atoms with Gasteiger partial charge in [0.25, 0.3) is 0 Å². The average molecular weight is 365 g/mol. The zero-order valence-corrected chi connectivity index (χ0v) is 12.4. The highest BCUT2D eigenvalue weighted by Gasteiger charge is 2.38. The summed E-state index contributed by atoms with van der Waals surface area (Å²) in [6.45, 7) is 0. The first-order valence-electron chi connectivity index (χ1n) is 6.54. The summed E-state index contributed by atoms with van der Waals surface area (Å²) >= 11 is 0. The van der Waals surface area contributed by atoms with Crippen molar-refractivity contribution in [3.05, 3.63) is 47.7 Å². The van der Waals surface area contributed by atoms with E-state index in [0.29, 0.717) is 0 Å². The Bertz CT molecular complexity index is 786. The Hall–Kier alpha value is -2.78. The standard InChI is InChI=1S/C15H9F6NO3/c1-24-13(23)10-5-6-11(22-12(10)14(16,17)18)8-3-2-4-9(7-8)25-15(19,20)21/h2-7H,1H3. The number of pyridine rings is 1. The van der Waals surface area contributed by atoms with Gasteiger partial charge in [0, 0.05) is 5.56 Å². The third kappa shape index (κ3) is 4.61. The molecule has 0 aliphatic rings. The number of ether oxygens (including phenoxy) is 2. The van der Waals surface area contributed by atoms with Gasteiger partial charge in [-0.2, -0.15) is 13.2 Å². The van der Waals surface area contributed by atoms with E-state index in [2.05, 4.69) is 14.5 Å². The van der Waals surface area contributed by atoms with Gasteiger partial charge in [0.15, 0.2) is 5.69 Å². The lowest BCUT2D eigenvalue weighted by Crippen LogP contribution is -2.17. The molecule has 4 nitrogen and oxygen atoms in total. The van der Waals surface area contributed by atoms with E-state index >= 15 is 0 Å². The summed E-state index contributed by atoms with van der Waals surface area (Å²) in [6.07, 6.45) is -9.91. The molecule has 0 fully saturated rings. The minimum Gasteiger partial charge on any atom is -0.465 e. The minimum atomic E-state index is -4.96. The lowest BCUT2D eigenvalue weighted by atomic mass is 10.1. The molecule has 1 aromatic carbocycles. The lowest BCUT2D eigenvalue weighted by molar-refractivity contribution is -0.274. The van der Waals surface area contributed by atoms with Gasteiger partial charge < -0.3 is 9.47 Å². The molecule has 0 radical (unpaired) electrons. The molecule has 0 aliphatic heterocycles. The van der Waals surface area contributed by atoms with Crippen LogP contribution in [0, 0.1) is 0 Å². The van der Waals surface area contributed by atoms with Crippen LogP contribution in [-0.4, -0.2) is 24.4 Å². The molecule has 2 aromatic rings. The number of nitrogens with zero attached hydrogens (tertiary/aromatic N) is 1. The molecule has 0 saturated carbocycles. The summed E-state index contributed by atoms with van der Waals surface area (Å²) in [5.41, 5.74) is -2.64. The van der Waals surface area contributed by atoms with Crippen LogP contribution in [0.2, 0.25) is 0 Å². The monoisotopic (exact) mass is 365 g/mol. The predicted octanol–water partition coefficient (Wildman–Crippen LogP) is 4.45. The first-order valence-corrected chi connectivity index (χ1v) is 6.54. The number of rotatable bonds is 3. The van der Waals surface area contributed by atoms with Gasteiger partial charge in [-0.3, -0.25) is 0 Å². The molecule has 0 N–H and O–H groups in total. The van der Waals surface area contributed by atoms with E-state index in [1.165, 1.54) is 12.1 Å². The van der Waals surface area contributed by atoms with Crippen LogP contribution in [0.1, 0.15) is 16.1 Å². The average Bonchev–Trinajstić information content (AvgIpc) is 2.51. The molecule has 1 heterocycles. The minimum absolute atomic E-state index is 0.0522. The molecule has 0 spiro atoms. The number of hydrogen-bond acceptors (Lipinski definition) is 4. The second kappa shape index (κ2) is 6.61. The van der Waals surface area contributed by atoms with Crippen LogP contribution in [-0.2, 0) is 10.9 Å². The highest BCUT2D eigenvalue weighted by Crippen LogP contribution is 2.34. The molecule has 0 unspecified atom stereocenters. The molecule has 0 saturated heterocycles. The fourth-order valence-electron chi connectivity index (χ4n) is 1.96. The van der Waals surface area contributed by atoms with Crippen LogP contribution in [0.25, 0.3) is 11.3 Å². The SMILES string of the molecule is COC(=O)c1ccc(-c2cccc(OC(F)(F)F)c2)nc1C(F)(F)F. The number of aromatic nitrogens is 1. The number of carbonyl (C=O) groups is 1. The summed E-state index contributed by atoms with van der Waals surface area (Å²) in [5.74, 6) is -1.85. The zero-order chi connectivity index (χ0) is 18.8. The second-order valence-electron chi connectivity index (χ2n) is 4.66. The van der Waals surface area contributed by atoms with Crippen molar-refractivity contribution >= 4 is 5.97 Å². The van der Waals surface area contributed by atoms with Crippen molar-refractivity contribution in [3.8, 4) is 17.0 Å². The van der Waals surface area contributed by atoms with Crippen molar-refractivity contribution in [2.24, 2.45) is 0 Å². The Labute approximate surface area is 137 Å². The number of esters is 1. The van der Waals surface area contributed by atoms with Gasteiger partial charge in [-0.15, -0.1) is 13.2 Å². The molecule has 0 bridgehead atoms. The first-order chi connectivity index (χ1) is 11.5. The lowest BCUT2D eigenvalue weighted by Gasteiger charge is -2.13. The summed E-state index contributed by atoms with van der Waals surface area (Å²) in [6, 6.07) is 6.20. The largest absolute Gasteiger partial charge is 0.573 e. The van der Waals surface area contributed by atoms with E-state index in [1.807, 2.05) is 0 Å². The number of alkyl halides is 6. The van der Waals surface area contributed by atoms with E-state index in [-0.39, 0.29) is 11.3 Å². The predicted molar refractivity (Wildman–Crippen MR) is 72.7 cm³/mol. The molecule has 0 aliphatic carbocycles. The molecular weight excluding hydrogens is 356 g/mol. The van der Waals surface area contributed by atoms with Crippen LogP contribution >= 0.6 is 0 Å². The van der Waals surface area contributed by atoms with Gasteiger partial charge in [0.1, 0.15) is 5.75 Å². The van der Waals surface area contributed by atoms with Gasteiger partial charge in [0.05, 0.1) is 18.4 Å². The van der Waals surface area contributed by atoms with E-state index in [1.54, 1.807) is 0 Å². The van der Waals surface area contributed by atoms with E-state index in [0.717, 1.165) is 31.4 Å². The Morgan fingerprint density at radius 3 is 2.28 bits per heavy atom. The van der Waals surface area contributed by atoms with Crippen molar-refractivity contribution < 1.29 is 40.6 Å². The van der Waals surface area contributed by atoms with Crippen molar-refractivity contribution in [1.29, 1.82) is 0 Å². The quantitative estimate of drug-likeness (QED) is 0.596. The molecule has 1 aromatic heterocycles. The summed E-state index contributed by atoms with van der Waals surface area (Å²) < 4.78 is 84.0. The van der Waals surface area contributed by atoms with Crippen LogP contribution in [0.15, 0.2) is 36.4 Å². The van der Waals surface area contributed by atoms with Gasteiger partial charge in [-0.25, -0.2) is 9.78 Å². The summed E-state index contributed by atoms with van der Waals surface area (Å²) in [5, 5.41) is 0. The van der Waals surface area contributed by atoms with Gasteiger partial charge >= 0.3 is 18.5 Å². The fourth-order valence-corrected chi connectivity index (χ4v) is 1.96. The molecule has 10 heteroatoms. The van der Waals surface area contributed by atoms with E-state index in [4.69, 9.17) is 0 Å². The maximum atomic E-state index is 13.1. The van der Waals surface area contributed by atoms with Crippen LogP contribution < -0.4 is 4.74 Å². The first kappa shape index (κ1) is 18.6. The molecule has 25 heavy (non-hydrogen) atoms. The van der Waals surface area contributed by atoms with Gasteiger partial charge in [-0.1, -0.05) is 12.1 Å². The maximum Gasteiger partial charge on any atom is 0.573 e. The molecule has 134 valence electrons. The maximum absolute atomic E-state index is 13.1. The van der Waals surface area contributed by atoms with Crippen LogP contribution in [0.3, 0.4) is 0 Å². The fraction of sp³-hybridized carbons (Fsp3) is 0.200. The third-order valence-corrected chi connectivity index (χ3v) is 2.93. The van der Waals surface area contributed by atoms with Gasteiger partial charge in [-0.05, 0) is 24.3 Å². The smallest absolute Gasteiger partial charge is 0.465 e. The highest BCUT2D eigenvalue weighted by molar-refractivity contribution is 5.91. The molecule has 2 rings (SSSR count). The van der Waals surface area contributed by atoms with E-state index in [9.17, 15) is 31.1 Å². The number of methoxy groups -OCH3 is 1. The van der Waals surface area contributed by atoms with Crippen molar-refractivity contribution in [2.45, 2.75) is 12.5 Å². The normalized spacial score (nSPS) is 12.0. The number of benzene rings is 1. The summed E-state index contributed by atoms with van der Waals surface area (Å²) in [4.78, 5) is 14.8. The Morgan fingerprint density at radius 2 is 1.72 bits per heavy atom. The Morgan fingerprint density at radius 1 is 1.04 bits per heavy atom. The van der Waals surface area contributed by atoms with Crippen molar-refractivity contribution in [1.82, 2.24) is 4.98 Å². The van der Waals surface area contributed by atoms with Crippen LogP contribution in [0.5, 0.6) is 5.75 Å². The van der Waals surface area contributed by atoms with Crippen LogP contribution in [0.4, 0.5) is 26.3 Å². The van der Waals surface area contributed by atoms with Crippen molar-refractivity contribution in [3.63, 3.8) is 0 Å². The highest BCUT2D eigenvalue weighted by atomic mass is 19.4. The second-order valence-corrected chi connectivity index (χ2v) is 4.66. The Kier molecular flexibility index (Phi) is 4.91. The van der Waals surface area contributed by atoms with Gasteiger partial charge in [0.2, 0.25) is 0 Å². The number of hydrogen-bond donors (Lipinski definition) is 0. The number of carbonyl (C=O) groups excluding carboxylic acids is 1. The Balaban J connectivity index is 2.50. The van der Waals surface area contributed by atoms with Crippen molar-refractivity contribution in [2.75, 3.05) is 7.11 Å².